The number of amides is 2. The van der Waals surface area contributed by atoms with Gasteiger partial charge in [0.1, 0.15) is 5.82 Å². The van der Waals surface area contributed by atoms with E-state index >= 15 is 0 Å². The number of urea groups is 1. The first-order chi connectivity index (χ1) is 9.56. The molecule has 0 saturated carbocycles. The zero-order valence-electron chi connectivity index (χ0n) is 12.2. The Balaban J connectivity index is 1.95. The number of carbonyl (C=O) groups is 1. The van der Waals surface area contributed by atoms with E-state index in [0.29, 0.717) is 0 Å². The molecule has 0 aliphatic carbocycles. The van der Waals surface area contributed by atoms with Gasteiger partial charge in [0.15, 0.2) is 0 Å². The summed E-state index contributed by atoms with van der Waals surface area (Å²) in [5.41, 5.74) is 3.22. The van der Waals surface area contributed by atoms with Crippen LogP contribution < -0.4 is 0 Å². The fourth-order valence-electron chi connectivity index (χ4n) is 2.84. The molecule has 1 aromatic heterocycles. The van der Waals surface area contributed by atoms with Gasteiger partial charge in [0, 0.05) is 20.6 Å². The van der Waals surface area contributed by atoms with Crippen LogP contribution >= 0.6 is 0 Å². The summed E-state index contributed by atoms with van der Waals surface area (Å²) in [6, 6.07) is 6.31. The second kappa shape index (κ2) is 4.81. The summed E-state index contributed by atoms with van der Waals surface area (Å²) in [5.74, 6) is 0.901. The van der Waals surface area contributed by atoms with Crippen LogP contribution in [0.5, 0.6) is 0 Å². The van der Waals surface area contributed by atoms with Crippen LogP contribution in [0.25, 0.3) is 11.0 Å². The molecule has 0 radical (unpaired) electrons. The quantitative estimate of drug-likeness (QED) is 0.867. The van der Waals surface area contributed by atoms with Crippen LogP contribution in [-0.4, -0.2) is 46.4 Å². The van der Waals surface area contributed by atoms with Crippen LogP contribution in [0.15, 0.2) is 18.2 Å². The van der Waals surface area contributed by atoms with Crippen molar-refractivity contribution in [3.63, 3.8) is 0 Å². The molecule has 1 N–H and O–H groups in total. The van der Waals surface area contributed by atoms with Crippen LogP contribution in [0, 0.1) is 6.92 Å². The van der Waals surface area contributed by atoms with Crippen LogP contribution in [0.1, 0.15) is 30.3 Å². The van der Waals surface area contributed by atoms with Crippen molar-refractivity contribution < 1.29 is 4.79 Å². The summed E-state index contributed by atoms with van der Waals surface area (Å²) in [5, 5.41) is 0. The molecule has 2 amide bonds. The number of fused-ring (bicyclic) bond motifs is 1. The number of benzene rings is 1. The predicted octanol–water partition coefficient (Wildman–Crippen LogP) is 2.69. The van der Waals surface area contributed by atoms with Crippen molar-refractivity contribution in [1.29, 1.82) is 0 Å². The number of aryl methyl sites for hydroxylation is 1. The summed E-state index contributed by atoms with van der Waals surface area (Å²) >= 11 is 0. The highest BCUT2D eigenvalue weighted by Crippen LogP contribution is 2.32. The molecule has 106 valence electrons. The van der Waals surface area contributed by atoms with Crippen LogP contribution in [0.4, 0.5) is 4.79 Å². The molecule has 0 unspecified atom stereocenters. The van der Waals surface area contributed by atoms with Crippen LogP contribution in [0.3, 0.4) is 0 Å². The van der Waals surface area contributed by atoms with E-state index in [1.54, 1.807) is 19.0 Å². The molecule has 1 saturated heterocycles. The number of carbonyl (C=O) groups excluding carboxylic acids is 1. The van der Waals surface area contributed by atoms with E-state index in [9.17, 15) is 4.79 Å². The van der Waals surface area contributed by atoms with Gasteiger partial charge in [0.2, 0.25) is 0 Å². The molecular weight excluding hydrogens is 252 g/mol. The molecule has 2 heterocycles. The molecule has 1 aliphatic heterocycles. The van der Waals surface area contributed by atoms with Crippen molar-refractivity contribution in [2.75, 3.05) is 20.6 Å². The van der Waals surface area contributed by atoms with Gasteiger partial charge in [0.25, 0.3) is 0 Å². The largest absolute Gasteiger partial charge is 0.340 e. The van der Waals surface area contributed by atoms with Gasteiger partial charge < -0.3 is 14.8 Å². The third-order valence-corrected chi connectivity index (χ3v) is 3.85. The first kappa shape index (κ1) is 13.0. The monoisotopic (exact) mass is 272 g/mol. The van der Waals surface area contributed by atoms with E-state index in [-0.39, 0.29) is 12.1 Å². The molecule has 1 aliphatic rings. The molecule has 0 spiro atoms. The Bertz CT molecular complexity index is 646. The average molecular weight is 272 g/mol. The molecule has 20 heavy (non-hydrogen) atoms. The summed E-state index contributed by atoms with van der Waals surface area (Å²) < 4.78 is 0. The normalized spacial score (nSPS) is 18.8. The third kappa shape index (κ3) is 2.13. The van der Waals surface area contributed by atoms with Crippen molar-refractivity contribution in [1.82, 2.24) is 19.8 Å². The maximum Gasteiger partial charge on any atom is 0.320 e. The number of nitrogens with zero attached hydrogens (tertiary/aromatic N) is 3. The molecule has 5 nitrogen and oxygen atoms in total. The van der Waals surface area contributed by atoms with Crippen LogP contribution in [0.2, 0.25) is 0 Å². The summed E-state index contributed by atoms with van der Waals surface area (Å²) in [4.78, 5) is 23.8. The minimum atomic E-state index is 0.0594. The van der Waals surface area contributed by atoms with E-state index in [0.717, 1.165) is 36.2 Å². The minimum Gasteiger partial charge on any atom is -0.340 e. The van der Waals surface area contributed by atoms with E-state index in [4.69, 9.17) is 0 Å². The second-order valence-corrected chi connectivity index (χ2v) is 5.67. The van der Waals surface area contributed by atoms with Gasteiger partial charge in [-0.1, -0.05) is 6.07 Å². The zero-order chi connectivity index (χ0) is 14.3. The van der Waals surface area contributed by atoms with Crippen molar-refractivity contribution in [3.05, 3.63) is 29.6 Å². The van der Waals surface area contributed by atoms with Gasteiger partial charge in [0.05, 0.1) is 17.1 Å². The summed E-state index contributed by atoms with van der Waals surface area (Å²) in [6.45, 7) is 2.87. The zero-order valence-corrected chi connectivity index (χ0v) is 12.2. The minimum absolute atomic E-state index is 0.0594. The molecule has 1 atom stereocenters. The highest BCUT2D eigenvalue weighted by Gasteiger charge is 2.32. The maximum atomic E-state index is 12.2. The Morgan fingerprint density at radius 1 is 1.45 bits per heavy atom. The van der Waals surface area contributed by atoms with E-state index in [1.165, 1.54) is 5.56 Å². The van der Waals surface area contributed by atoms with E-state index < -0.39 is 0 Å². The fourth-order valence-corrected chi connectivity index (χ4v) is 2.84. The maximum absolute atomic E-state index is 12.2. The number of likely N-dealkylation sites (tertiary alicyclic amines) is 1. The van der Waals surface area contributed by atoms with Gasteiger partial charge in [-0.25, -0.2) is 9.78 Å². The Morgan fingerprint density at radius 3 is 3.00 bits per heavy atom. The average Bonchev–Trinajstić information content (AvgIpc) is 3.02. The Kier molecular flexibility index (Phi) is 3.12. The van der Waals surface area contributed by atoms with Gasteiger partial charge in [-0.3, -0.25) is 0 Å². The molecule has 0 bridgehead atoms. The SMILES string of the molecule is Cc1ccc2nc([C@@H]3CCCN3C(=O)N(C)C)[nH]c2c1. The van der Waals surface area contributed by atoms with Gasteiger partial charge >= 0.3 is 6.03 Å². The highest BCUT2D eigenvalue weighted by atomic mass is 16.2. The van der Waals surface area contributed by atoms with Crippen molar-refractivity contribution >= 4 is 17.1 Å². The lowest BCUT2D eigenvalue weighted by atomic mass is 10.2. The van der Waals surface area contributed by atoms with Gasteiger partial charge in [-0.15, -0.1) is 0 Å². The van der Waals surface area contributed by atoms with Gasteiger partial charge in [-0.2, -0.15) is 0 Å². The first-order valence-corrected chi connectivity index (χ1v) is 7.00. The van der Waals surface area contributed by atoms with E-state index in [2.05, 4.69) is 29.0 Å². The number of H-pyrrole nitrogens is 1. The summed E-state index contributed by atoms with van der Waals surface area (Å²) in [7, 11) is 3.58. The number of rotatable bonds is 1. The molecule has 3 rings (SSSR count). The lowest BCUT2D eigenvalue weighted by Crippen LogP contribution is -2.38. The Labute approximate surface area is 118 Å². The predicted molar refractivity (Wildman–Crippen MR) is 78.6 cm³/mol. The lowest BCUT2D eigenvalue weighted by Gasteiger charge is -2.26. The fraction of sp³-hybridized carbons (Fsp3) is 0.467. The molecular formula is C15H20N4O. The standard InChI is InChI=1S/C15H20N4O/c1-10-6-7-11-12(9-10)17-14(16-11)13-5-4-8-19(13)15(20)18(2)3/h6-7,9,13H,4-5,8H2,1-3H3,(H,16,17)/t13-/m0/s1. The Hall–Kier alpha value is -2.04. The number of hydrogen-bond donors (Lipinski definition) is 1. The number of aromatic amines is 1. The molecule has 1 aromatic carbocycles. The van der Waals surface area contributed by atoms with Crippen LogP contribution in [-0.2, 0) is 0 Å². The highest BCUT2D eigenvalue weighted by molar-refractivity contribution is 5.77. The lowest BCUT2D eigenvalue weighted by molar-refractivity contribution is 0.164. The van der Waals surface area contributed by atoms with Gasteiger partial charge in [-0.05, 0) is 37.5 Å². The number of nitrogens with one attached hydrogen (secondary N) is 1. The Morgan fingerprint density at radius 2 is 2.25 bits per heavy atom. The number of hydrogen-bond acceptors (Lipinski definition) is 2. The second-order valence-electron chi connectivity index (χ2n) is 5.67. The third-order valence-electron chi connectivity index (χ3n) is 3.85. The summed E-state index contributed by atoms with van der Waals surface area (Å²) in [6.07, 6.45) is 2.00. The molecule has 1 fully saturated rings. The van der Waals surface area contributed by atoms with E-state index in [1.807, 2.05) is 11.0 Å². The smallest absolute Gasteiger partial charge is 0.320 e. The number of imidazole rings is 1. The first-order valence-electron chi connectivity index (χ1n) is 7.00. The molecule has 5 heteroatoms. The molecule has 2 aromatic rings. The topological polar surface area (TPSA) is 52.2 Å². The van der Waals surface area contributed by atoms with Crippen molar-refractivity contribution in [2.45, 2.75) is 25.8 Å². The van der Waals surface area contributed by atoms with Crippen molar-refractivity contribution in [2.24, 2.45) is 0 Å². The van der Waals surface area contributed by atoms with Crippen molar-refractivity contribution in [3.8, 4) is 0 Å². The number of aromatic nitrogens is 2.